The molecule has 0 fully saturated rings. The van der Waals surface area contributed by atoms with Crippen LogP contribution < -0.4 is 19.5 Å². The lowest BCUT2D eigenvalue weighted by molar-refractivity contribution is -0.133. The number of rotatable bonds is 17. The van der Waals surface area contributed by atoms with Crippen molar-refractivity contribution in [2.45, 2.75) is 38.3 Å². The number of hydrogen-bond acceptors (Lipinski definition) is 8. The smallest absolute Gasteiger partial charge is 0.261 e. The Morgan fingerprint density at radius 2 is 1.47 bits per heavy atom. The number of benzene rings is 5. The van der Waals surface area contributed by atoms with E-state index in [1.54, 1.807) is 61.5 Å². The monoisotopic (exact) mass is 823 g/mol. The van der Waals surface area contributed by atoms with Gasteiger partial charge in [-0.25, -0.2) is 0 Å². The number of hydrogen-bond donors (Lipinski definition) is 2. The predicted molar refractivity (Wildman–Crippen MR) is 221 cm³/mol. The molecule has 0 bridgehead atoms. The van der Waals surface area contributed by atoms with Crippen molar-refractivity contribution in [1.82, 2.24) is 15.1 Å². The van der Waals surface area contributed by atoms with E-state index < -0.39 is 35.8 Å². The van der Waals surface area contributed by atoms with Crippen LogP contribution in [0.15, 0.2) is 109 Å². The van der Waals surface area contributed by atoms with E-state index in [1.807, 2.05) is 54.6 Å². The molecule has 0 saturated heterocycles. The number of carbonyl (C=O) groups is 4. The van der Waals surface area contributed by atoms with E-state index in [4.69, 9.17) is 37.4 Å². The lowest BCUT2D eigenvalue weighted by Crippen LogP contribution is -2.51. The fraction of sp³-hybridized carbons (Fsp3) is 0.244. The minimum absolute atomic E-state index is 0.120. The van der Waals surface area contributed by atoms with Crippen LogP contribution in [0, 0.1) is 6.92 Å². The Hall–Kier alpha value is -5.88. The van der Waals surface area contributed by atoms with E-state index in [-0.39, 0.29) is 43.6 Å². The number of imide groups is 1. The summed E-state index contributed by atoms with van der Waals surface area (Å²) in [7, 11) is 2.98. The minimum atomic E-state index is -1.30. The van der Waals surface area contributed by atoms with Gasteiger partial charge < -0.3 is 29.5 Å². The molecular weight excluding hydrogens is 781 g/mol. The van der Waals surface area contributed by atoms with Gasteiger partial charge >= 0.3 is 0 Å². The maximum atomic E-state index is 14.1. The van der Waals surface area contributed by atoms with E-state index in [0.29, 0.717) is 50.6 Å². The van der Waals surface area contributed by atoms with Crippen LogP contribution in [0.1, 0.15) is 54.2 Å². The zero-order chi connectivity index (χ0) is 41.3. The van der Waals surface area contributed by atoms with Crippen LogP contribution >= 0.6 is 23.2 Å². The second-order valence-corrected chi connectivity index (χ2v) is 14.7. The third-order valence-corrected chi connectivity index (χ3v) is 10.5. The van der Waals surface area contributed by atoms with Gasteiger partial charge in [0, 0.05) is 41.7 Å². The molecule has 4 amide bonds. The molecule has 6 rings (SSSR count). The van der Waals surface area contributed by atoms with E-state index in [2.05, 4.69) is 5.32 Å². The standard InChI is InChI=1S/C45H43Cl2N3O8/c1-28-22-40(56-2)41(57-3)26-36(28)43(53)48-38(24-29-10-9-13-33(23-29)58-32-11-5-4-6-12-32)39(51)27-49(20-18-30-16-17-31(46)25-37(30)47)42(52)19-21-50-44(54)34-14-7-8-15-35(34)45(50)55/h4-17,22-23,25-26,38-39,51H,18-21,24,27H2,1-3H3,(H,48,53)/t38-,39-/m0/s1. The summed E-state index contributed by atoms with van der Waals surface area (Å²) in [6.07, 6.45) is -1.03. The topological polar surface area (TPSA) is 135 Å². The van der Waals surface area contributed by atoms with Crippen LogP contribution in [-0.2, 0) is 17.6 Å². The predicted octanol–water partition coefficient (Wildman–Crippen LogP) is 7.57. The van der Waals surface area contributed by atoms with Crippen LogP contribution in [0.3, 0.4) is 0 Å². The molecule has 1 aliphatic heterocycles. The fourth-order valence-corrected chi connectivity index (χ4v) is 7.33. The van der Waals surface area contributed by atoms with Gasteiger partial charge in [-0.3, -0.25) is 24.1 Å². The summed E-state index contributed by atoms with van der Waals surface area (Å²) in [5, 5.41) is 16.0. The number of fused-ring (bicyclic) bond motifs is 1. The summed E-state index contributed by atoms with van der Waals surface area (Å²) in [6.45, 7) is 1.52. The van der Waals surface area contributed by atoms with Crippen molar-refractivity contribution >= 4 is 46.8 Å². The molecule has 0 aliphatic carbocycles. The highest BCUT2D eigenvalue weighted by Crippen LogP contribution is 2.31. The molecule has 0 radical (unpaired) electrons. The second kappa shape index (κ2) is 19.0. The van der Waals surface area contributed by atoms with Gasteiger partial charge in [-0.05, 0) is 97.1 Å². The summed E-state index contributed by atoms with van der Waals surface area (Å²) in [6, 6.07) is 30.6. The molecule has 1 aliphatic rings. The van der Waals surface area contributed by atoms with Crippen molar-refractivity contribution in [3.63, 3.8) is 0 Å². The van der Waals surface area contributed by atoms with Gasteiger partial charge in [-0.2, -0.15) is 0 Å². The highest BCUT2D eigenvalue weighted by Gasteiger charge is 2.36. The second-order valence-electron chi connectivity index (χ2n) is 13.8. The lowest BCUT2D eigenvalue weighted by atomic mass is 9.98. The summed E-state index contributed by atoms with van der Waals surface area (Å²) in [4.78, 5) is 56.8. The average Bonchev–Trinajstić information content (AvgIpc) is 3.46. The molecule has 0 aromatic heterocycles. The van der Waals surface area contributed by atoms with Crippen LogP contribution in [0.2, 0.25) is 10.0 Å². The molecule has 1 heterocycles. The minimum Gasteiger partial charge on any atom is -0.493 e. The van der Waals surface area contributed by atoms with Gasteiger partial charge in [0.05, 0.1) is 37.5 Å². The molecule has 5 aromatic rings. The number of ether oxygens (including phenoxy) is 3. The van der Waals surface area contributed by atoms with Gasteiger partial charge in [-0.15, -0.1) is 0 Å². The zero-order valence-corrected chi connectivity index (χ0v) is 33.8. The van der Waals surface area contributed by atoms with Crippen molar-refractivity contribution in [2.75, 3.05) is 33.9 Å². The molecule has 0 spiro atoms. The third kappa shape index (κ3) is 9.97. The van der Waals surface area contributed by atoms with Gasteiger partial charge in [-0.1, -0.05) is 71.7 Å². The quantitative estimate of drug-likeness (QED) is 0.0918. The highest BCUT2D eigenvalue weighted by molar-refractivity contribution is 6.35. The number of aryl methyl sites for hydroxylation is 1. The lowest BCUT2D eigenvalue weighted by Gasteiger charge is -2.31. The molecular formula is C45H43Cl2N3O8. The Balaban J connectivity index is 1.27. The zero-order valence-electron chi connectivity index (χ0n) is 32.2. The summed E-state index contributed by atoms with van der Waals surface area (Å²) >= 11 is 12.6. The first-order valence-electron chi connectivity index (χ1n) is 18.7. The van der Waals surface area contributed by atoms with Crippen LogP contribution in [0.25, 0.3) is 0 Å². The van der Waals surface area contributed by atoms with Gasteiger partial charge in [0.2, 0.25) is 5.91 Å². The Kier molecular flexibility index (Phi) is 13.7. The number of aliphatic hydroxyl groups excluding tert-OH is 1. The summed E-state index contributed by atoms with van der Waals surface area (Å²) < 4.78 is 17.0. The molecule has 5 aromatic carbocycles. The van der Waals surface area contributed by atoms with Gasteiger partial charge in [0.15, 0.2) is 11.5 Å². The number of methoxy groups -OCH3 is 2. The summed E-state index contributed by atoms with van der Waals surface area (Å²) in [5.41, 5.74) is 2.96. The maximum absolute atomic E-state index is 14.1. The molecule has 2 N–H and O–H groups in total. The van der Waals surface area contributed by atoms with E-state index >= 15 is 0 Å². The van der Waals surface area contributed by atoms with Crippen molar-refractivity contribution in [2.24, 2.45) is 0 Å². The number of amides is 4. The van der Waals surface area contributed by atoms with Crippen LogP contribution in [-0.4, -0.2) is 84.5 Å². The number of nitrogens with one attached hydrogen (secondary N) is 1. The van der Waals surface area contributed by atoms with Crippen LogP contribution in [0.5, 0.6) is 23.0 Å². The third-order valence-electron chi connectivity index (χ3n) is 9.94. The molecule has 11 nitrogen and oxygen atoms in total. The molecule has 2 atom stereocenters. The van der Waals surface area contributed by atoms with Crippen molar-refractivity contribution in [1.29, 1.82) is 0 Å². The van der Waals surface area contributed by atoms with Gasteiger partial charge in [0.1, 0.15) is 11.5 Å². The molecule has 0 saturated carbocycles. The van der Waals surface area contributed by atoms with Crippen molar-refractivity contribution < 1.29 is 38.5 Å². The normalized spacial score (nSPS) is 13.1. The molecule has 58 heavy (non-hydrogen) atoms. The average molecular weight is 825 g/mol. The Morgan fingerprint density at radius 1 is 0.810 bits per heavy atom. The Bertz CT molecular complexity index is 2270. The maximum Gasteiger partial charge on any atom is 0.261 e. The van der Waals surface area contributed by atoms with E-state index in [9.17, 15) is 24.3 Å². The van der Waals surface area contributed by atoms with Crippen molar-refractivity contribution in [3.05, 3.63) is 153 Å². The van der Waals surface area contributed by atoms with Crippen LogP contribution in [0.4, 0.5) is 0 Å². The SMILES string of the molecule is COc1cc(C)c(C(=O)N[C@@H](Cc2cccc(Oc3ccccc3)c2)[C@@H](O)CN(CCc2ccc(Cl)cc2Cl)C(=O)CCN2C(=O)c3ccccc3C2=O)cc1OC. The first-order chi connectivity index (χ1) is 27.9. The highest BCUT2D eigenvalue weighted by atomic mass is 35.5. The first-order valence-corrected chi connectivity index (χ1v) is 19.4. The first kappa shape index (κ1) is 41.7. The number of aliphatic hydroxyl groups is 1. The Labute approximate surface area is 347 Å². The number of nitrogens with zero attached hydrogens (tertiary/aromatic N) is 2. The largest absolute Gasteiger partial charge is 0.493 e. The van der Waals surface area contributed by atoms with Gasteiger partial charge in [0.25, 0.3) is 17.7 Å². The van der Waals surface area contributed by atoms with E-state index in [1.165, 1.54) is 19.1 Å². The molecule has 0 unspecified atom stereocenters. The molecule has 13 heteroatoms. The number of halogens is 2. The number of carbonyl (C=O) groups excluding carboxylic acids is 4. The molecule has 300 valence electrons. The summed E-state index contributed by atoms with van der Waals surface area (Å²) in [5.74, 6) is 0.180. The Morgan fingerprint density at radius 3 is 2.14 bits per heavy atom. The van der Waals surface area contributed by atoms with E-state index in [0.717, 1.165) is 16.0 Å². The fourth-order valence-electron chi connectivity index (χ4n) is 6.83. The number of para-hydroxylation sites is 1. The van der Waals surface area contributed by atoms with Crippen molar-refractivity contribution in [3.8, 4) is 23.0 Å².